The summed E-state index contributed by atoms with van der Waals surface area (Å²) in [6.45, 7) is 2.39. The third-order valence-electron chi connectivity index (χ3n) is 6.53. The van der Waals surface area contributed by atoms with Crippen molar-refractivity contribution >= 4 is 23.4 Å². The third-order valence-corrected chi connectivity index (χ3v) is 6.90. The Morgan fingerprint density at radius 3 is 2.43 bits per heavy atom. The van der Waals surface area contributed by atoms with Crippen LogP contribution in [0.5, 0.6) is 0 Å². The minimum atomic E-state index is -0.758. The summed E-state index contributed by atoms with van der Waals surface area (Å²) in [5.74, 6) is -0.411. The van der Waals surface area contributed by atoms with Crippen molar-refractivity contribution < 1.29 is 14.7 Å². The zero-order valence-corrected chi connectivity index (χ0v) is 17.3. The van der Waals surface area contributed by atoms with Gasteiger partial charge in [-0.3, -0.25) is 24.3 Å². The fraction of sp³-hybridized carbons (Fsp3) is 0.391. The molecule has 3 fully saturated rings. The van der Waals surface area contributed by atoms with Crippen LogP contribution in [0.2, 0.25) is 5.02 Å². The summed E-state index contributed by atoms with van der Waals surface area (Å²) in [6.07, 6.45) is -0.224. The van der Waals surface area contributed by atoms with Gasteiger partial charge in [0.2, 0.25) is 5.91 Å². The number of halogens is 1. The Morgan fingerprint density at radius 1 is 1.00 bits per heavy atom. The number of hydrogen-bond acceptors (Lipinski definition) is 5. The predicted octanol–water partition coefficient (Wildman–Crippen LogP) is 1.90. The van der Waals surface area contributed by atoms with E-state index in [2.05, 4.69) is 17.0 Å². The summed E-state index contributed by atoms with van der Waals surface area (Å²) < 4.78 is 0. The maximum atomic E-state index is 13.6. The average molecular weight is 426 g/mol. The van der Waals surface area contributed by atoms with Gasteiger partial charge in [-0.25, -0.2) is 0 Å². The van der Waals surface area contributed by atoms with Crippen molar-refractivity contribution in [1.82, 2.24) is 14.7 Å². The number of aliphatic hydroxyl groups is 1. The Bertz CT molecular complexity index is 977. The van der Waals surface area contributed by atoms with E-state index in [1.807, 2.05) is 41.3 Å². The molecule has 0 saturated carbocycles. The molecule has 2 atom stereocenters. The van der Waals surface area contributed by atoms with Gasteiger partial charge < -0.3 is 5.11 Å². The lowest BCUT2D eigenvalue weighted by molar-refractivity contribution is -0.181. The number of hydrogen-bond donors (Lipinski definition) is 1. The van der Waals surface area contributed by atoms with Gasteiger partial charge in [-0.1, -0.05) is 60.1 Å². The van der Waals surface area contributed by atoms with Crippen LogP contribution in [0.15, 0.2) is 54.6 Å². The van der Waals surface area contributed by atoms with Gasteiger partial charge in [-0.05, 0) is 23.6 Å². The first kappa shape index (κ1) is 19.7. The summed E-state index contributed by atoms with van der Waals surface area (Å²) in [4.78, 5) is 32.3. The second-order valence-electron chi connectivity index (χ2n) is 8.54. The molecule has 1 spiro atoms. The SMILES string of the molecule is O=C1[C@@H]2C[C@@H](O)CN2C2(CN(Cc3ccccc3)C2)C(=O)N1Cc1ccccc1Cl. The zero-order chi connectivity index (χ0) is 20.9. The van der Waals surface area contributed by atoms with Crippen molar-refractivity contribution in [3.8, 4) is 0 Å². The van der Waals surface area contributed by atoms with Crippen molar-refractivity contribution in [3.05, 3.63) is 70.7 Å². The van der Waals surface area contributed by atoms with Crippen molar-refractivity contribution in [2.45, 2.75) is 37.2 Å². The average Bonchev–Trinajstić information content (AvgIpc) is 3.11. The van der Waals surface area contributed by atoms with E-state index in [1.165, 1.54) is 10.5 Å². The summed E-state index contributed by atoms with van der Waals surface area (Å²) in [6, 6.07) is 17.0. The molecule has 2 aromatic rings. The van der Waals surface area contributed by atoms with Gasteiger partial charge in [0, 0.05) is 31.2 Å². The largest absolute Gasteiger partial charge is 0.392 e. The van der Waals surface area contributed by atoms with Gasteiger partial charge in [0.1, 0.15) is 5.54 Å². The van der Waals surface area contributed by atoms with Crippen LogP contribution >= 0.6 is 11.6 Å². The summed E-state index contributed by atoms with van der Waals surface area (Å²) in [7, 11) is 0. The van der Waals surface area contributed by atoms with Crippen LogP contribution in [-0.4, -0.2) is 68.9 Å². The number of β-amino-alcohol motifs (C(OH)–C–C–N with tert-alkyl or cyclic N) is 1. The second-order valence-corrected chi connectivity index (χ2v) is 8.95. The van der Waals surface area contributed by atoms with Gasteiger partial charge >= 0.3 is 0 Å². The molecule has 6 nitrogen and oxygen atoms in total. The molecule has 156 valence electrons. The number of carbonyl (C=O) groups excluding carboxylic acids is 2. The van der Waals surface area contributed by atoms with E-state index < -0.39 is 17.7 Å². The van der Waals surface area contributed by atoms with Crippen LogP contribution in [0.1, 0.15) is 17.5 Å². The highest BCUT2D eigenvalue weighted by molar-refractivity contribution is 6.31. The third kappa shape index (κ3) is 3.15. The monoisotopic (exact) mass is 425 g/mol. The molecule has 3 aliphatic heterocycles. The predicted molar refractivity (Wildman–Crippen MR) is 113 cm³/mol. The molecule has 2 amide bonds. The molecule has 5 rings (SSSR count). The normalized spacial score (nSPS) is 26.1. The van der Waals surface area contributed by atoms with E-state index in [1.54, 1.807) is 6.07 Å². The minimum absolute atomic E-state index is 0.165. The van der Waals surface area contributed by atoms with Crippen molar-refractivity contribution in [2.75, 3.05) is 19.6 Å². The number of fused-ring (bicyclic) bond motifs is 2. The van der Waals surface area contributed by atoms with Gasteiger partial charge in [0.15, 0.2) is 0 Å². The molecule has 0 bridgehead atoms. The topological polar surface area (TPSA) is 64.1 Å². The first-order chi connectivity index (χ1) is 14.5. The Balaban J connectivity index is 1.41. The molecule has 3 aliphatic rings. The smallest absolute Gasteiger partial charge is 0.252 e. The Labute approximate surface area is 180 Å². The highest BCUT2D eigenvalue weighted by Gasteiger charge is 2.64. The maximum absolute atomic E-state index is 13.6. The zero-order valence-electron chi connectivity index (χ0n) is 16.6. The molecule has 1 N–H and O–H groups in total. The summed E-state index contributed by atoms with van der Waals surface area (Å²) in [5, 5.41) is 10.8. The van der Waals surface area contributed by atoms with E-state index in [4.69, 9.17) is 11.6 Å². The van der Waals surface area contributed by atoms with Crippen LogP contribution in [0.3, 0.4) is 0 Å². The second kappa shape index (κ2) is 7.46. The van der Waals surface area contributed by atoms with Crippen LogP contribution in [0.25, 0.3) is 0 Å². The van der Waals surface area contributed by atoms with Crippen molar-refractivity contribution in [2.24, 2.45) is 0 Å². The van der Waals surface area contributed by atoms with Gasteiger partial charge in [-0.2, -0.15) is 0 Å². The van der Waals surface area contributed by atoms with Gasteiger partial charge in [-0.15, -0.1) is 0 Å². The lowest BCUT2D eigenvalue weighted by Gasteiger charge is -2.58. The standard InChI is InChI=1S/C23H24ClN3O3/c24-19-9-5-4-8-17(19)12-26-21(29)20-10-18(28)13-27(20)23(22(26)30)14-25(15-23)11-16-6-2-1-3-7-16/h1-9,18,20,28H,10-15H2/t18-,20+/m1/s1. The van der Waals surface area contributed by atoms with Crippen molar-refractivity contribution in [1.29, 1.82) is 0 Å². The number of piperazine rings is 1. The maximum Gasteiger partial charge on any atom is 0.252 e. The first-order valence-corrected chi connectivity index (χ1v) is 10.7. The first-order valence-electron chi connectivity index (χ1n) is 10.3. The number of carbonyl (C=O) groups is 2. The molecule has 3 saturated heterocycles. The number of imide groups is 1. The van der Waals surface area contributed by atoms with Crippen LogP contribution in [0.4, 0.5) is 0 Å². The molecular formula is C23H24ClN3O3. The molecule has 30 heavy (non-hydrogen) atoms. The fourth-order valence-corrected chi connectivity index (χ4v) is 5.28. The Morgan fingerprint density at radius 2 is 1.70 bits per heavy atom. The highest BCUT2D eigenvalue weighted by atomic mass is 35.5. The molecule has 0 aromatic heterocycles. The summed E-state index contributed by atoms with van der Waals surface area (Å²) >= 11 is 6.30. The van der Waals surface area contributed by atoms with Crippen LogP contribution in [0, 0.1) is 0 Å². The quantitative estimate of drug-likeness (QED) is 0.758. The number of aliphatic hydroxyl groups excluding tert-OH is 1. The minimum Gasteiger partial charge on any atom is -0.392 e. The van der Waals surface area contributed by atoms with Crippen molar-refractivity contribution in [3.63, 3.8) is 0 Å². The van der Waals surface area contributed by atoms with Crippen LogP contribution < -0.4 is 0 Å². The molecule has 7 heteroatoms. The number of rotatable bonds is 4. The Hall–Kier alpha value is -2.25. The van der Waals surface area contributed by atoms with E-state index in [9.17, 15) is 14.7 Å². The molecule has 0 unspecified atom stereocenters. The van der Waals surface area contributed by atoms with E-state index in [0.717, 1.165) is 12.1 Å². The molecule has 3 heterocycles. The molecule has 2 aromatic carbocycles. The van der Waals surface area contributed by atoms with E-state index in [0.29, 0.717) is 31.1 Å². The number of amides is 2. The number of likely N-dealkylation sites (tertiary alicyclic amines) is 1. The number of benzene rings is 2. The van der Waals surface area contributed by atoms with E-state index in [-0.39, 0.29) is 18.4 Å². The Kier molecular flexibility index (Phi) is 4.90. The summed E-state index contributed by atoms with van der Waals surface area (Å²) in [5.41, 5.74) is 1.19. The van der Waals surface area contributed by atoms with E-state index >= 15 is 0 Å². The lowest BCUT2D eigenvalue weighted by Crippen LogP contribution is -2.81. The highest BCUT2D eigenvalue weighted by Crippen LogP contribution is 2.41. The van der Waals surface area contributed by atoms with Crippen LogP contribution in [-0.2, 0) is 22.7 Å². The van der Waals surface area contributed by atoms with Gasteiger partial charge in [0.05, 0.1) is 18.7 Å². The molecule has 0 aliphatic carbocycles. The fourth-order valence-electron chi connectivity index (χ4n) is 5.09. The molecular weight excluding hydrogens is 402 g/mol. The molecule has 0 radical (unpaired) electrons. The lowest BCUT2D eigenvalue weighted by atomic mass is 9.82. The van der Waals surface area contributed by atoms with Gasteiger partial charge in [0.25, 0.3) is 5.91 Å². The number of nitrogens with zero attached hydrogens (tertiary/aromatic N) is 3.